The zero-order valence-electron chi connectivity index (χ0n) is 7.96. The summed E-state index contributed by atoms with van der Waals surface area (Å²) in [5.41, 5.74) is 0. The maximum absolute atomic E-state index is 9.49. The van der Waals surface area contributed by atoms with Gasteiger partial charge in [0, 0.05) is 11.0 Å². The minimum atomic E-state index is -0.0550. The first kappa shape index (κ1) is 10.4. The first-order chi connectivity index (χ1) is 5.83. The van der Waals surface area contributed by atoms with Crippen molar-refractivity contribution in [3.05, 3.63) is 0 Å². The van der Waals surface area contributed by atoms with Gasteiger partial charge in [0.2, 0.25) is 0 Å². The molecule has 0 aliphatic heterocycles. The molecule has 0 aromatic rings. The van der Waals surface area contributed by atoms with E-state index >= 15 is 0 Å². The van der Waals surface area contributed by atoms with E-state index in [1.807, 2.05) is 11.8 Å². The van der Waals surface area contributed by atoms with E-state index < -0.39 is 0 Å². The van der Waals surface area contributed by atoms with Gasteiger partial charge in [-0.15, -0.1) is 0 Å². The van der Waals surface area contributed by atoms with E-state index in [4.69, 9.17) is 0 Å². The van der Waals surface area contributed by atoms with Gasteiger partial charge in [0.15, 0.2) is 0 Å². The van der Waals surface area contributed by atoms with Gasteiger partial charge in [0.05, 0.1) is 6.10 Å². The van der Waals surface area contributed by atoms with Crippen LogP contribution in [0.5, 0.6) is 0 Å². The molecular weight excluding hydrogens is 168 g/mol. The van der Waals surface area contributed by atoms with Crippen LogP contribution < -0.4 is 0 Å². The first-order valence-electron chi connectivity index (χ1n) is 5.12. The highest BCUT2D eigenvalue weighted by Crippen LogP contribution is 2.29. The molecule has 0 saturated heterocycles. The van der Waals surface area contributed by atoms with E-state index in [-0.39, 0.29) is 6.10 Å². The van der Waals surface area contributed by atoms with Crippen LogP contribution in [0.1, 0.15) is 45.4 Å². The second-order valence-electron chi connectivity index (χ2n) is 3.68. The van der Waals surface area contributed by atoms with Crippen molar-refractivity contribution in [1.29, 1.82) is 0 Å². The molecular formula is C10H20OS. The lowest BCUT2D eigenvalue weighted by Gasteiger charge is -2.12. The van der Waals surface area contributed by atoms with Crippen LogP contribution >= 0.6 is 11.8 Å². The Labute approximate surface area is 79.9 Å². The van der Waals surface area contributed by atoms with Gasteiger partial charge >= 0.3 is 0 Å². The van der Waals surface area contributed by atoms with Crippen LogP contribution in [0.15, 0.2) is 0 Å². The minimum absolute atomic E-state index is 0.0550. The fourth-order valence-corrected chi connectivity index (χ4v) is 3.05. The van der Waals surface area contributed by atoms with Crippen molar-refractivity contribution in [1.82, 2.24) is 0 Å². The molecule has 1 saturated carbocycles. The molecule has 0 radical (unpaired) electrons. The standard InChI is InChI=1S/C10H20OS/c1-2-5-9(11)8-12-10-6-3-4-7-10/h9-11H,2-8H2,1H3. The fraction of sp³-hybridized carbons (Fsp3) is 1.00. The van der Waals surface area contributed by atoms with Crippen molar-refractivity contribution in [3.8, 4) is 0 Å². The summed E-state index contributed by atoms with van der Waals surface area (Å²) in [5.74, 6) is 0.957. The molecule has 0 heterocycles. The molecule has 1 nitrogen and oxygen atoms in total. The Kier molecular flexibility index (Phi) is 5.08. The molecule has 0 bridgehead atoms. The highest BCUT2D eigenvalue weighted by molar-refractivity contribution is 7.99. The average molecular weight is 188 g/mol. The molecule has 12 heavy (non-hydrogen) atoms. The molecule has 72 valence electrons. The molecule has 1 N–H and O–H groups in total. The van der Waals surface area contributed by atoms with Crippen LogP contribution in [-0.2, 0) is 0 Å². The Bertz CT molecular complexity index is 110. The normalized spacial score (nSPS) is 21.5. The second kappa shape index (κ2) is 5.87. The number of rotatable bonds is 5. The third-order valence-electron chi connectivity index (χ3n) is 2.45. The average Bonchev–Trinajstić information content (AvgIpc) is 2.53. The Morgan fingerprint density at radius 2 is 2.08 bits per heavy atom. The quantitative estimate of drug-likeness (QED) is 0.716. The summed E-state index contributed by atoms with van der Waals surface area (Å²) in [4.78, 5) is 0. The van der Waals surface area contributed by atoms with Gasteiger partial charge in [0.25, 0.3) is 0 Å². The molecule has 2 heteroatoms. The molecule has 1 unspecified atom stereocenters. The van der Waals surface area contributed by atoms with Crippen LogP contribution in [0, 0.1) is 0 Å². The maximum atomic E-state index is 9.49. The highest BCUT2D eigenvalue weighted by atomic mass is 32.2. The summed E-state index contributed by atoms with van der Waals surface area (Å²) in [7, 11) is 0. The van der Waals surface area contributed by atoms with E-state index in [0.717, 1.165) is 23.8 Å². The summed E-state index contributed by atoms with van der Waals surface area (Å²) in [6.45, 7) is 2.13. The lowest BCUT2D eigenvalue weighted by Crippen LogP contribution is -2.11. The summed E-state index contributed by atoms with van der Waals surface area (Å²) in [6, 6.07) is 0. The summed E-state index contributed by atoms with van der Waals surface area (Å²) in [5, 5.41) is 10.3. The van der Waals surface area contributed by atoms with Crippen LogP contribution in [0.4, 0.5) is 0 Å². The lowest BCUT2D eigenvalue weighted by molar-refractivity contribution is 0.188. The van der Waals surface area contributed by atoms with Crippen LogP contribution in [0.3, 0.4) is 0 Å². The predicted molar refractivity (Wildman–Crippen MR) is 55.6 cm³/mol. The SMILES string of the molecule is CCCC(O)CSC1CCCC1. The second-order valence-corrected chi connectivity index (χ2v) is 5.02. The van der Waals surface area contributed by atoms with Crippen molar-refractivity contribution in [2.75, 3.05) is 5.75 Å². The van der Waals surface area contributed by atoms with Gasteiger partial charge in [-0.25, -0.2) is 0 Å². The Balaban J connectivity index is 1.99. The smallest absolute Gasteiger partial charge is 0.0630 e. The van der Waals surface area contributed by atoms with Crippen molar-refractivity contribution < 1.29 is 5.11 Å². The monoisotopic (exact) mass is 188 g/mol. The van der Waals surface area contributed by atoms with Crippen molar-refractivity contribution >= 4 is 11.8 Å². The number of hydrogen-bond donors (Lipinski definition) is 1. The first-order valence-corrected chi connectivity index (χ1v) is 6.17. The fourth-order valence-electron chi connectivity index (χ4n) is 1.72. The maximum Gasteiger partial charge on any atom is 0.0630 e. The molecule has 1 fully saturated rings. The topological polar surface area (TPSA) is 20.2 Å². The summed E-state index contributed by atoms with van der Waals surface area (Å²) in [6.07, 6.45) is 7.59. The Morgan fingerprint density at radius 3 is 2.67 bits per heavy atom. The third kappa shape index (κ3) is 3.81. The van der Waals surface area contributed by atoms with Gasteiger partial charge in [0.1, 0.15) is 0 Å². The Hall–Kier alpha value is 0.310. The number of thioether (sulfide) groups is 1. The predicted octanol–water partition coefficient (Wildman–Crippen LogP) is 2.82. The van der Waals surface area contributed by atoms with Gasteiger partial charge in [-0.1, -0.05) is 26.2 Å². The van der Waals surface area contributed by atoms with E-state index in [1.54, 1.807) is 0 Å². The van der Waals surface area contributed by atoms with Crippen LogP contribution in [0.25, 0.3) is 0 Å². The van der Waals surface area contributed by atoms with Gasteiger partial charge in [-0.2, -0.15) is 11.8 Å². The van der Waals surface area contributed by atoms with Crippen molar-refractivity contribution in [2.45, 2.75) is 56.8 Å². The lowest BCUT2D eigenvalue weighted by atomic mass is 10.2. The van der Waals surface area contributed by atoms with Crippen molar-refractivity contribution in [2.24, 2.45) is 0 Å². The molecule has 1 aliphatic rings. The number of hydrogen-bond acceptors (Lipinski definition) is 2. The molecule has 0 amide bonds. The van der Waals surface area contributed by atoms with Crippen molar-refractivity contribution in [3.63, 3.8) is 0 Å². The Morgan fingerprint density at radius 1 is 1.42 bits per heavy atom. The summed E-state index contributed by atoms with van der Waals surface area (Å²) >= 11 is 1.98. The van der Waals surface area contributed by atoms with Gasteiger partial charge in [-0.05, 0) is 19.3 Å². The number of aliphatic hydroxyl groups excluding tert-OH is 1. The largest absolute Gasteiger partial charge is 0.392 e. The van der Waals surface area contributed by atoms with Gasteiger partial charge in [-0.3, -0.25) is 0 Å². The highest BCUT2D eigenvalue weighted by Gasteiger charge is 2.16. The molecule has 0 spiro atoms. The zero-order chi connectivity index (χ0) is 8.81. The molecule has 1 rings (SSSR count). The van der Waals surface area contributed by atoms with Crippen LogP contribution in [0.2, 0.25) is 0 Å². The van der Waals surface area contributed by atoms with E-state index in [1.165, 1.54) is 25.7 Å². The number of aliphatic hydroxyl groups is 1. The van der Waals surface area contributed by atoms with E-state index in [9.17, 15) is 5.11 Å². The minimum Gasteiger partial charge on any atom is -0.392 e. The van der Waals surface area contributed by atoms with Crippen LogP contribution in [-0.4, -0.2) is 22.2 Å². The zero-order valence-corrected chi connectivity index (χ0v) is 8.78. The molecule has 1 atom stereocenters. The summed E-state index contributed by atoms with van der Waals surface area (Å²) < 4.78 is 0. The van der Waals surface area contributed by atoms with Gasteiger partial charge < -0.3 is 5.11 Å². The van der Waals surface area contributed by atoms with E-state index in [2.05, 4.69) is 6.92 Å². The molecule has 0 aromatic carbocycles. The van der Waals surface area contributed by atoms with E-state index in [0.29, 0.717) is 0 Å². The molecule has 0 aromatic heterocycles. The third-order valence-corrected chi connectivity index (χ3v) is 3.97. The molecule has 1 aliphatic carbocycles.